The number of rotatable bonds is 9. The van der Waals surface area contributed by atoms with Gasteiger partial charge in [-0.05, 0) is 61.1 Å². The summed E-state index contributed by atoms with van der Waals surface area (Å²) in [6, 6.07) is 11.0. The van der Waals surface area contributed by atoms with Crippen LogP contribution in [0.25, 0.3) is 0 Å². The van der Waals surface area contributed by atoms with Gasteiger partial charge in [0.2, 0.25) is 0 Å². The SMILES string of the molecule is O=C(COc1ccc(Cl)c(F)c1)CC12CC(NCC(=O)c3ccc(Cl)cc3)(C1)C2. The molecule has 0 radical (unpaired) electrons. The minimum absolute atomic E-state index is 0.00843. The summed E-state index contributed by atoms with van der Waals surface area (Å²) in [4.78, 5) is 24.5. The molecular formula is C22H20Cl2FNO3. The van der Waals surface area contributed by atoms with Gasteiger partial charge in [0.1, 0.15) is 18.2 Å². The monoisotopic (exact) mass is 435 g/mol. The zero-order valence-corrected chi connectivity index (χ0v) is 17.2. The molecule has 2 aromatic rings. The summed E-state index contributed by atoms with van der Waals surface area (Å²) >= 11 is 11.5. The van der Waals surface area contributed by atoms with Gasteiger partial charge in [0.05, 0.1) is 11.6 Å². The summed E-state index contributed by atoms with van der Waals surface area (Å²) in [5.74, 6) is -0.264. The maximum Gasteiger partial charge on any atom is 0.176 e. The van der Waals surface area contributed by atoms with Gasteiger partial charge in [0.15, 0.2) is 11.6 Å². The first-order chi connectivity index (χ1) is 13.8. The highest BCUT2D eigenvalue weighted by atomic mass is 35.5. The van der Waals surface area contributed by atoms with Crippen molar-refractivity contribution < 1.29 is 18.7 Å². The summed E-state index contributed by atoms with van der Waals surface area (Å²) in [6.45, 7) is 0.190. The van der Waals surface area contributed by atoms with Crippen LogP contribution in [-0.2, 0) is 4.79 Å². The average Bonchev–Trinajstić information content (AvgIpc) is 2.64. The van der Waals surface area contributed by atoms with E-state index in [1.807, 2.05) is 0 Å². The van der Waals surface area contributed by atoms with Crippen LogP contribution in [0.15, 0.2) is 42.5 Å². The molecule has 0 unspecified atom stereocenters. The summed E-state index contributed by atoms with van der Waals surface area (Å²) in [5, 5.41) is 3.98. The van der Waals surface area contributed by atoms with Crippen LogP contribution in [0.3, 0.4) is 0 Å². The van der Waals surface area contributed by atoms with Crippen LogP contribution in [-0.4, -0.2) is 30.3 Å². The van der Waals surface area contributed by atoms with E-state index in [1.165, 1.54) is 18.2 Å². The van der Waals surface area contributed by atoms with E-state index in [-0.39, 0.29) is 46.4 Å². The lowest BCUT2D eigenvalue weighted by Gasteiger charge is -2.71. The predicted octanol–water partition coefficient (Wildman–Crippen LogP) is 4.87. The quantitative estimate of drug-likeness (QED) is 0.571. The number of ketones is 2. The maximum atomic E-state index is 13.4. The van der Waals surface area contributed by atoms with E-state index >= 15 is 0 Å². The molecule has 152 valence electrons. The number of hydrogen-bond acceptors (Lipinski definition) is 4. The number of halogens is 3. The Balaban J connectivity index is 1.19. The van der Waals surface area contributed by atoms with Crippen LogP contribution in [0.2, 0.25) is 10.0 Å². The largest absolute Gasteiger partial charge is 0.486 e. The second kappa shape index (κ2) is 7.71. The molecule has 2 aromatic carbocycles. The normalized spacial score (nSPS) is 24.4. The number of hydrogen-bond donors (Lipinski definition) is 1. The maximum absolute atomic E-state index is 13.4. The van der Waals surface area contributed by atoms with Gasteiger partial charge in [0, 0.05) is 28.6 Å². The van der Waals surface area contributed by atoms with Gasteiger partial charge < -0.3 is 10.1 Å². The third-order valence-electron chi connectivity index (χ3n) is 5.79. The van der Waals surface area contributed by atoms with E-state index in [1.54, 1.807) is 24.3 Å². The molecular weight excluding hydrogens is 416 g/mol. The summed E-state index contributed by atoms with van der Waals surface area (Å²) < 4.78 is 18.8. The highest BCUT2D eigenvalue weighted by Gasteiger charge is 2.67. The molecule has 2 bridgehead atoms. The van der Waals surface area contributed by atoms with Gasteiger partial charge in [-0.2, -0.15) is 0 Å². The van der Waals surface area contributed by atoms with E-state index in [0.29, 0.717) is 17.0 Å². The molecule has 5 rings (SSSR count). The molecule has 7 heteroatoms. The molecule has 0 amide bonds. The van der Waals surface area contributed by atoms with Crippen LogP contribution < -0.4 is 10.1 Å². The van der Waals surface area contributed by atoms with Crippen LogP contribution in [0, 0.1) is 11.2 Å². The van der Waals surface area contributed by atoms with Crippen LogP contribution in [0.4, 0.5) is 4.39 Å². The highest BCUT2D eigenvalue weighted by Crippen LogP contribution is 2.68. The Morgan fingerprint density at radius 3 is 2.41 bits per heavy atom. The van der Waals surface area contributed by atoms with Crippen LogP contribution in [0.5, 0.6) is 5.75 Å². The topological polar surface area (TPSA) is 55.4 Å². The molecule has 0 atom stereocenters. The smallest absolute Gasteiger partial charge is 0.176 e. The lowest BCUT2D eigenvalue weighted by atomic mass is 9.38. The standard InChI is InChI=1S/C22H20Cl2FNO3/c23-15-3-1-14(2-4-15)20(28)9-26-22-11-21(12-22,13-22)8-16(27)10-29-17-5-6-18(24)19(25)7-17/h1-7,26H,8-13H2. The molecule has 0 saturated heterocycles. The van der Waals surface area contributed by atoms with Crippen molar-refractivity contribution in [2.45, 2.75) is 31.2 Å². The number of ether oxygens (including phenoxy) is 1. The van der Waals surface area contributed by atoms with Gasteiger partial charge >= 0.3 is 0 Å². The summed E-state index contributed by atoms with van der Waals surface area (Å²) in [7, 11) is 0. The fourth-order valence-corrected chi connectivity index (χ4v) is 4.82. The molecule has 29 heavy (non-hydrogen) atoms. The lowest BCUT2D eigenvalue weighted by molar-refractivity contribution is -0.166. The Morgan fingerprint density at radius 1 is 1.07 bits per heavy atom. The Hall–Kier alpha value is -1.95. The van der Waals surface area contributed by atoms with E-state index in [0.717, 1.165) is 19.3 Å². The van der Waals surface area contributed by atoms with Gasteiger partial charge in [-0.15, -0.1) is 0 Å². The first-order valence-corrected chi connectivity index (χ1v) is 10.2. The van der Waals surface area contributed by atoms with E-state index < -0.39 is 5.82 Å². The van der Waals surface area contributed by atoms with Crippen LogP contribution >= 0.6 is 23.2 Å². The molecule has 0 spiro atoms. The average molecular weight is 436 g/mol. The Morgan fingerprint density at radius 2 is 1.76 bits per heavy atom. The van der Waals surface area contributed by atoms with Crippen molar-refractivity contribution in [3.05, 3.63) is 63.9 Å². The lowest BCUT2D eigenvalue weighted by Crippen LogP contribution is -2.74. The third kappa shape index (κ3) is 4.32. The molecule has 3 aliphatic carbocycles. The number of Topliss-reactive ketones (excluding diaryl/α,β-unsaturated/α-hetero) is 2. The zero-order valence-electron chi connectivity index (χ0n) is 15.6. The van der Waals surface area contributed by atoms with E-state index in [2.05, 4.69) is 5.32 Å². The van der Waals surface area contributed by atoms with Crippen molar-refractivity contribution in [2.75, 3.05) is 13.2 Å². The van der Waals surface area contributed by atoms with Gasteiger partial charge in [-0.3, -0.25) is 9.59 Å². The molecule has 3 aliphatic rings. The van der Waals surface area contributed by atoms with Crippen molar-refractivity contribution >= 4 is 34.8 Å². The van der Waals surface area contributed by atoms with Crippen LogP contribution in [0.1, 0.15) is 36.0 Å². The fourth-order valence-electron chi connectivity index (χ4n) is 4.58. The van der Waals surface area contributed by atoms with E-state index in [9.17, 15) is 14.0 Å². The third-order valence-corrected chi connectivity index (χ3v) is 6.35. The Bertz CT molecular complexity index is 941. The molecule has 3 saturated carbocycles. The van der Waals surface area contributed by atoms with Crippen molar-refractivity contribution in [2.24, 2.45) is 5.41 Å². The molecule has 0 aliphatic heterocycles. The van der Waals surface area contributed by atoms with Gasteiger partial charge in [-0.1, -0.05) is 23.2 Å². The predicted molar refractivity (Wildman–Crippen MR) is 109 cm³/mol. The van der Waals surface area contributed by atoms with Gasteiger partial charge in [0.25, 0.3) is 0 Å². The number of nitrogens with one attached hydrogen (secondary N) is 1. The second-order valence-electron chi connectivity index (χ2n) is 8.17. The minimum Gasteiger partial charge on any atom is -0.486 e. The Labute approximate surface area is 178 Å². The number of benzene rings is 2. The Kier molecular flexibility index (Phi) is 5.40. The fraction of sp³-hybridized carbons (Fsp3) is 0.364. The summed E-state index contributed by atoms with van der Waals surface area (Å²) in [5.41, 5.74) is 0.624. The second-order valence-corrected chi connectivity index (χ2v) is 9.02. The van der Waals surface area contributed by atoms with E-state index in [4.69, 9.17) is 27.9 Å². The number of carbonyl (C=O) groups is 2. The molecule has 0 aromatic heterocycles. The molecule has 4 nitrogen and oxygen atoms in total. The molecule has 0 heterocycles. The molecule has 1 N–H and O–H groups in total. The summed E-state index contributed by atoms with van der Waals surface area (Å²) in [6.07, 6.45) is 3.09. The first kappa shape index (κ1) is 20.3. The first-order valence-electron chi connectivity index (χ1n) is 9.42. The molecule has 3 fully saturated rings. The highest BCUT2D eigenvalue weighted by molar-refractivity contribution is 6.31. The van der Waals surface area contributed by atoms with Gasteiger partial charge in [-0.25, -0.2) is 4.39 Å². The van der Waals surface area contributed by atoms with Crippen molar-refractivity contribution in [1.29, 1.82) is 0 Å². The van der Waals surface area contributed by atoms with Crippen molar-refractivity contribution in [3.8, 4) is 5.75 Å². The minimum atomic E-state index is -0.572. The van der Waals surface area contributed by atoms with Crippen molar-refractivity contribution in [3.63, 3.8) is 0 Å². The van der Waals surface area contributed by atoms with Crippen molar-refractivity contribution in [1.82, 2.24) is 5.32 Å². The zero-order chi connectivity index (χ0) is 20.6. The number of carbonyl (C=O) groups excluding carboxylic acids is 2.